The first-order valence-electron chi connectivity index (χ1n) is 6.88. The van der Waals surface area contributed by atoms with Crippen LogP contribution in [-0.2, 0) is 0 Å². The van der Waals surface area contributed by atoms with Crippen molar-refractivity contribution in [3.63, 3.8) is 0 Å². The van der Waals surface area contributed by atoms with E-state index >= 15 is 0 Å². The minimum Gasteiger partial charge on any atom is -0.311 e. The van der Waals surface area contributed by atoms with Crippen LogP contribution >= 0.6 is 0 Å². The van der Waals surface area contributed by atoms with Crippen LogP contribution in [0.4, 0.5) is 0 Å². The fourth-order valence-electron chi connectivity index (χ4n) is 3.30. The molecule has 2 atom stereocenters. The van der Waals surface area contributed by atoms with Crippen LogP contribution in [0.25, 0.3) is 0 Å². The SMILES string of the molecule is CCCC(C)C1(C(C)C)CCCCCN1. The van der Waals surface area contributed by atoms with Crippen molar-refractivity contribution >= 4 is 0 Å². The summed E-state index contributed by atoms with van der Waals surface area (Å²) < 4.78 is 0. The molecule has 90 valence electrons. The molecule has 0 bridgehead atoms. The van der Waals surface area contributed by atoms with Crippen molar-refractivity contribution in [2.24, 2.45) is 11.8 Å². The van der Waals surface area contributed by atoms with E-state index in [0.29, 0.717) is 5.54 Å². The Labute approximate surface area is 96.0 Å². The van der Waals surface area contributed by atoms with E-state index in [9.17, 15) is 0 Å². The number of hydrogen-bond donors (Lipinski definition) is 1. The zero-order valence-corrected chi connectivity index (χ0v) is 11.1. The molecule has 0 amide bonds. The van der Waals surface area contributed by atoms with Gasteiger partial charge in [-0.3, -0.25) is 0 Å². The van der Waals surface area contributed by atoms with E-state index in [1.165, 1.54) is 45.1 Å². The molecule has 2 unspecified atom stereocenters. The van der Waals surface area contributed by atoms with Crippen LogP contribution in [0.3, 0.4) is 0 Å². The summed E-state index contributed by atoms with van der Waals surface area (Å²) in [5.74, 6) is 1.58. The Morgan fingerprint density at radius 1 is 1.13 bits per heavy atom. The zero-order chi connectivity index (χ0) is 11.3. The summed E-state index contributed by atoms with van der Waals surface area (Å²) >= 11 is 0. The van der Waals surface area contributed by atoms with Gasteiger partial charge in [-0.05, 0) is 37.6 Å². The van der Waals surface area contributed by atoms with Crippen molar-refractivity contribution < 1.29 is 0 Å². The summed E-state index contributed by atoms with van der Waals surface area (Å²) in [5, 5.41) is 3.88. The molecule has 0 aromatic rings. The van der Waals surface area contributed by atoms with Gasteiger partial charge in [-0.25, -0.2) is 0 Å². The molecule has 0 radical (unpaired) electrons. The quantitative estimate of drug-likeness (QED) is 0.741. The fourth-order valence-corrected chi connectivity index (χ4v) is 3.30. The maximum absolute atomic E-state index is 3.88. The van der Waals surface area contributed by atoms with E-state index in [1.807, 2.05) is 0 Å². The van der Waals surface area contributed by atoms with Gasteiger partial charge >= 0.3 is 0 Å². The second-order valence-corrected chi connectivity index (χ2v) is 5.62. The van der Waals surface area contributed by atoms with Gasteiger partial charge in [0, 0.05) is 5.54 Å². The van der Waals surface area contributed by atoms with E-state index in [2.05, 4.69) is 33.0 Å². The van der Waals surface area contributed by atoms with Crippen LogP contribution in [-0.4, -0.2) is 12.1 Å². The standard InChI is InChI=1S/C14H29N/c1-5-9-13(4)14(12(2)3)10-7-6-8-11-15-14/h12-13,15H,5-11H2,1-4H3. The molecular weight excluding hydrogens is 182 g/mol. The van der Waals surface area contributed by atoms with Crippen molar-refractivity contribution in [1.29, 1.82) is 0 Å². The Kier molecular flexibility index (Phi) is 5.11. The van der Waals surface area contributed by atoms with Crippen LogP contribution in [0, 0.1) is 11.8 Å². The van der Waals surface area contributed by atoms with Gasteiger partial charge in [0.1, 0.15) is 0 Å². The molecule has 0 aromatic heterocycles. The number of nitrogens with one attached hydrogen (secondary N) is 1. The Morgan fingerprint density at radius 3 is 2.47 bits per heavy atom. The Morgan fingerprint density at radius 2 is 1.87 bits per heavy atom. The molecule has 0 saturated carbocycles. The maximum atomic E-state index is 3.88. The van der Waals surface area contributed by atoms with Crippen LogP contribution in [0.5, 0.6) is 0 Å². The second-order valence-electron chi connectivity index (χ2n) is 5.62. The Bertz CT molecular complexity index is 166. The Hall–Kier alpha value is -0.0400. The molecule has 0 aromatic carbocycles. The lowest BCUT2D eigenvalue weighted by molar-refractivity contribution is 0.138. The first-order valence-corrected chi connectivity index (χ1v) is 6.88. The van der Waals surface area contributed by atoms with Crippen molar-refractivity contribution in [1.82, 2.24) is 5.32 Å². The van der Waals surface area contributed by atoms with Crippen molar-refractivity contribution in [3.05, 3.63) is 0 Å². The molecular formula is C14H29N. The van der Waals surface area contributed by atoms with Crippen LogP contribution in [0.1, 0.15) is 66.2 Å². The predicted octanol–water partition coefficient (Wildman–Crippen LogP) is 3.98. The van der Waals surface area contributed by atoms with E-state index in [4.69, 9.17) is 0 Å². The van der Waals surface area contributed by atoms with Crippen LogP contribution in [0.2, 0.25) is 0 Å². The van der Waals surface area contributed by atoms with Gasteiger partial charge in [-0.1, -0.05) is 47.0 Å². The van der Waals surface area contributed by atoms with Crippen molar-refractivity contribution in [3.8, 4) is 0 Å². The molecule has 1 N–H and O–H groups in total. The molecule has 1 nitrogen and oxygen atoms in total. The molecule has 1 aliphatic rings. The van der Waals surface area contributed by atoms with Gasteiger partial charge < -0.3 is 5.32 Å². The number of rotatable bonds is 4. The van der Waals surface area contributed by atoms with E-state index in [1.54, 1.807) is 0 Å². The fraction of sp³-hybridized carbons (Fsp3) is 1.00. The predicted molar refractivity (Wildman–Crippen MR) is 68.1 cm³/mol. The lowest BCUT2D eigenvalue weighted by Crippen LogP contribution is -2.54. The first-order chi connectivity index (χ1) is 7.13. The average molecular weight is 211 g/mol. The Balaban J connectivity index is 2.74. The first kappa shape index (κ1) is 13.0. The van der Waals surface area contributed by atoms with Crippen molar-refractivity contribution in [2.75, 3.05) is 6.54 Å². The van der Waals surface area contributed by atoms with Gasteiger partial charge in [-0.15, -0.1) is 0 Å². The summed E-state index contributed by atoms with van der Waals surface area (Å²) in [6.45, 7) is 10.8. The average Bonchev–Trinajstić information content (AvgIpc) is 2.43. The molecule has 1 rings (SSSR count). The molecule has 1 heterocycles. The third-order valence-corrected chi connectivity index (χ3v) is 4.35. The minimum atomic E-state index is 0.423. The molecule has 1 aliphatic heterocycles. The molecule has 0 spiro atoms. The molecule has 0 aliphatic carbocycles. The molecule has 1 saturated heterocycles. The highest BCUT2D eigenvalue weighted by Crippen LogP contribution is 2.35. The molecule has 1 heteroatoms. The van der Waals surface area contributed by atoms with E-state index in [0.717, 1.165) is 11.8 Å². The van der Waals surface area contributed by atoms with Gasteiger partial charge in [0.05, 0.1) is 0 Å². The topological polar surface area (TPSA) is 12.0 Å². The van der Waals surface area contributed by atoms with E-state index < -0.39 is 0 Å². The summed E-state index contributed by atoms with van der Waals surface area (Å²) in [6, 6.07) is 0. The lowest BCUT2D eigenvalue weighted by Gasteiger charge is -2.43. The largest absolute Gasteiger partial charge is 0.311 e. The summed E-state index contributed by atoms with van der Waals surface area (Å²) in [7, 11) is 0. The van der Waals surface area contributed by atoms with E-state index in [-0.39, 0.29) is 0 Å². The highest BCUT2D eigenvalue weighted by Gasteiger charge is 2.38. The normalized spacial score (nSPS) is 30.2. The second kappa shape index (κ2) is 5.89. The van der Waals surface area contributed by atoms with Crippen LogP contribution in [0.15, 0.2) is 0 Å². The molecule has 15 heavy (non-hydrogen) atoms. The summed E-state index contributed by atoms with van der Waals surface area (Å²) in [4.78, 5) is 0. The van der Waals surface area contributed by atoms with Crippen molar-refractivity contribution in [2.45, 2.75) is 71.8 Å². The summed E-state index contributed by atoms with van der Waals surface area (Å²) in [6.07, 6.45) is 8.27. The van der Waals surface area contributed by atoms with Gasteiger partial charge in [0.2, 0.25) is 0 Å². The highest BCUT2D eigenvalue weighted by molar-refractivity contribution is 4.96. The summed E-state index contributed by atoms with van der Waals surface area (Å²) in [5.41, 5.74) is 0.423. The third-order valence-electron chi connectivity index (χ3n) is 4.35. The minimum absolute atomic E-state index is 0.423. The highest BCUT2D eigenvalue weighted by atomic mass is 15.0. The lowest BCUT2D eigenvalue weighted by atomic mass is 9.71. The zero-order valence-electron chi connectivity index (χ0n) is 11.1. The van der Waals surface area contributed by atoms with Gasteiger partial charge in [0.15, 0.2) is 0 Å². The van der Waals surface area contributed by atoms with Crippen LogP contribution < -0.4 is 5.32 Å². The van der Waals surface area contributed by atoms with Gasteiger partial charge in [-0.2, -0.15) is 0 Å². The maximum Gasteiger partial charge on any atom is 0.0229 e. The third kappa shape index (κ3) is 2.96. The smallest absolute Gasteiger partial charge is 0.0229 e. The van der Waals surface area contributed by atoms with Gasteiger partial charge in [0.25, 0.3) is 0 Å². The molecule has 1 fully saturated rings. The monoisotopic (exact) mass is 211 g/mol. The number of hydrogen-bond acceptors (Lipinski definition) is 1.